The van der Waals surface area contributed by atoms with Crippen LogP contribution >= 0.6 is 11.6 Å². The summed E-state index contributed by atoms with van der Waals surface area (Å²) >= 11 is 6.29. The van der Waals surface area contributed by atoms with Gasteiger partial charge in [-0.1, -0.05) is 18.5 Å². The first-order valence-corrected chi connectivity index (χ1v) is 9.39. The summed E-state index contributed by atoms with van der Waals surface area (Å²) in [5.74, 6) is 0.0189. The van der Waals surface area contributed by atoms with Crippen LogP contribution in [0.3, 0.4) is 0 Å². The van der Waals surface area contributed by atoms with E-state index in [-0.39, 0.29) is 12.4 Å². The molecule has 148 valence electrons. The number of esters is 1. The van der Waals surface area contributed by atoms with Gasteiger partial charge in [-0.25, -0.2) is 9.59 Å². The van der Waals surface area contributed by atoms with Crippen LogP contribution < -0.4 is 5.63 Å². The number of ether oxygens (including phenoxy) is 1. The highest BCUT2D eigenvalue weighted by Gasteiger charge is 2.16. The molecule has 0 bridgehead atoms. The smallest absolute Gasteiger partial charge is 0.374 e. The van der Waals surface area contributed by atoms with Gasteiger partial charge in [0.05, 0.1) is 6.54 Å². The Bertz CT molecular complexity index is 1220. The predicted octanol–water partition coefficient (Wildman–Crippen LogP) is 4.20. The molecule has 0 aliphatic carbocycles. The van der Waals surface area contributed by atoms with Gasteiger partial charge < -0.3 is 13.6 Å². The molecule has 4 aromatic rings. The van der Waals surface area contributed by atoms with Crippen molar-refractivity contribution in [2.45, 2.75) is 26.5 Å². The molecule has 0 N–H and O–H groups in total. The Morgan fingerprint density at radius 2 is 2.07 bits per heavy atom. The SMILES string of the molecule is CCc1cc2oc(=O)cc(COC(=O)c3ccc(Cn4cccn4)o3)c2cc1Cl. The molecule has 0 spiro atoms. The lowest BCUT2D eigenvalue weighted by Crippen LogP contribution is -2.07. The van der Waals surface area contributed by atoms with Crippen LogP contribution in [0.1, 0.15) is 34.4 Å². The quantitative estimate of drug-likeness (QED) is 0.348. The average Bonchev–Trinajstić information content (AvgIpc) is 3.38. The minimum atomic E-state index is -0.630. The fraction of sp³-hybridized carbons (Fsp3) is 0.190. The number of halogens is 1. The highest BCUT2D eigenvalue weighted by Crippen LogP contribution is 2.26. The Morgan fingerprint density at radius 1 is 1.21 bits per heavy atom. The van der Waals surface area contributed by atoms with Crippen LogP contribution in [0.2, 0.25) is 5.02 Å². The number of nitrogens with zero attached hydrogens (tertiary/aromatic N) is 2. The van der Waals surface area contributed by atoms with Crippen molar-refractivity contribution in [3.05, 3.63) is 86.9 Å². The molecule has 1 aromatic carbocycles. The normalized spacial score (nSPS) is 11.1. The van der Waals surface area contributed by atoms with E-state index < -0.39 is 11.6 Å². The molecule has 29 heavy (non-hydrogen) atoms. The molecule has 0 radical (unpaired) electrons. The number of aryl methyl sites for hydroxylation is 1. The zero-order valence-electron chi connectivity index (χ0n) is 15.6. The van der Waals surface area contributed by atoms with Crippen LogP contribution in [-0.2, 0) is 24.3 Å². The molecule has 4 rings (SSSR count). The number of aromatic nitrogens is 2. The van der Waals surface area contributed by atoms with E-state index in [1.54, 1.807) is 47.4 Å². The maximum absolute atomic E-state index is 12.4. The zero-order chi connectivity index (χ0) is 20.4. The number of carbonyl (C=O) groups is 1. The summed E-state index contributed by atoms with van der Waals surface area (Å²) in [4.78, 5) is 24.2. The first-order valence-electron chi connectivity index (χ1n) is 9.02. The van der Waals surface area contributed by atoms with Crippen molar-refractivity contribution in [3.8, 4) is 0 Å². The molecule has 0 saturated carbocycles. The summed E-state index contributed by atoms with van der Waals surface area (Å²) in [5, 5.41) is 5.28. The van der Waals surface area contributed by atoms with Crippen LogP contribution in [0.25, 0.3) is 11.0 Å². The third kappa shape index (κ3) is 4.09. The van der Waals surface area contributed by atoms with Crippen LogP contribution in [0.4, 0.5) is 0 Å². The molecule has 0 amide bonds. The molecule has 3 heterocycles. The molecule has 0 atom stereocenters. The van der Waals surface area contributed by atoms with E-state index >= 15 is 0 Å². The fourth-order valence-corrected chi connectivity index (χ4v) is 3.32. The molecular weight excluding hydrogens is 396 g/mol. The average molecular weight is 413 g/mol. The maximum Gasteiger partial charge on any atom is 0.374 e. The van der Waals surface area contributed by atoms with Gasteiger partial charge in [-0.05, 0) is 42.3 Å². The number of rotatable bonds is 6. The van der Waals surface area contributed by atoms with Gasteiger partial charge in [0, 0.05) is 34.4 Å². The first-order chi connectivity index (χ1) is 14.0. The zero-order valence-corrected chi connectivity index (χ0v) is 16.3. The van der Waals surface area contributed by atoms with Gasteiger partial charge in [0.25, 0.3) is 0 Å². The molecule has 0 fully saturated rings. The van der Waals surface area contributed by atoms with Gasteiger partial charge in [0.15, 0.2) is 0 Å². The summed E-state index contributed by atoms with van der Waals surface area (Å²) in [7, 11) is 0. The number of hydrogen-bond acceptors (Lipinski definition) is 6. The lowest BCUT2D eigenvalue weighted by atomic mass is 10.1. The Hall–Kier alpha value is -3.32. The number of furan rings is 1. The van der Waals surface area contributed by atoms with Crippen LogP contribution in [0.15, 0.2) is 62.4 Å². The lowest BCUT2D eigenvalue weighted by molar-refractivity contribution is 0.0435. The van der Waals surface area contributed by atoms with Crippen molar-refractivity contribution in [2.24, 2.45) is 0 Å². The van der Waals surface area contributed by atoms with Crippen molar-refractivity contribution in [1.82, 2.24) is 9.78 Å². The van der Waals surface area contributed by atoms with E-state index in [2.05, 4.69) is 5.10 Å². The van der Waals surface area contributed by atoms with Crippen molar-refractivity contribution in [3.63, 3.8) is 0 Å². The number of benzene rings is 1. The van der Waals surface area contributed by atoms with Gasteiger partial charge in [0.2, 0.25) is 5.76 Å². The van der Waals surface area contributed by atoms with Gasteiger partial charge in [-0.15, -0.1) is 0 Å². The van der Waals surface area contributed by atoms with Crippen LogP contribution in [-0.4, -0.2) is 15.7 Å². The Balaban J connectivity index is 1.52. The molecule has 0 aliphatic heterocycles. The molecular formula is C21H17ClN2O5. The Kier molecular flexibility index (Phi) is 5.22. The second-order valence-corrected chi connectivity index (χ2v) is 6.84. The Labute approximate surface area is 170 Å². The number of hydrogen-bond donors (Lipinski definition) is 0. The minimum Gasteiger partial charge on any atom is -0.455 e. The van der Waals surface area contributed by atoms with Gasteiger partial charge in [0.1, 0.15) is 18.0 Å². The molecule has 7 nitrogen and oxygen atoms in total. The lowest BCUT2D eigenvalue weighted by Gasteiger charge is -2.09. The topological polar surface area (TPSA) is 87.5 Å². The minimum absolute atomic E-state index is 0.0747. The highest BCUT2D eigenvalue weighted by atomic mass is 35.5. The third-order valence-corrected chi connectivity index (χ3v) is 4.83. The number of carbonyl (C=O) groups excluding carboxylic acids is 1. The standard InChI is InChI=1S/C21H17ClN2O5/c1-2-13-8-19-16(10-17(13)22)14(9-20(25)29-19)12-27-21(26)18-5-4-15(28-18)11-24-7-3-6-23-24/h3-10H,2,11-12H2,1H3. The third-order valence-electron chi connectivity index (χ3n) is 4.48. The van der Waals surface area contributed by atoms with E-state index in [9.17, 15) is 9.59 Å². The summed E-state index contributed by atoms with van der Waals surface area (Å²) in [6.07, 6.45) is 4.16. The molecule has 0 saturated heterocycles. The van der Waals surface area contributed by atoms with E-state index in [0.29, 0.717) is 40.3 Å². The van der Waals surface area contributed by atoms with Crippen molar-refractivity contribution >= 4 is 28.5 Å². The monoisotopic (exact) mass is 412 g/mol. The largest absolute Gasteiger partial charge is 0.455 e. The van der Waals surface area contributed by atoms with Gasteiger partial charge >= 0.3 is 11.6 Å². The summed E-state index contributed by atoms with van der Waals surface area (Å²) in [6.45, 7) is 2.25. The molecule has 8 heteroatoms. The van der Waals surface area contributed by atoms with Crippen LogP contribution in [0, 0.1) is 0 Å². The maximum atomic E-state index is 12.4. The second kappa shape index (κ2) is 7.97. The summed E-state index contributed by atoms with van der Waals surface area (Å²) in [6, 6.07) is 9.78. The highest BCUT2D eigenvalue weighted by molar-refractivity contribution is 6.32. The van der Waals surface area contributed by atoms with Gasteiger partial charge in [-0.2, -0.15) is 5.10 Å². The van der Waals surface area contributed by atoms with Crippen molar-refractivity contribution in [2.75, 3.05) is 0 Å². The Morgan fingerprint density at radius 3 is 2.83 bits per heavy atom. The van der Waals surface area contributed by atoms with E-state index in [1.807, 2.05) is 6.92 Å². The van der Waals surface area contributed by atoms with Crippen molar-refractivity contribution in [1.29, 1.82) is 0 Å². The van der Waals surface area contributed by atoms with E-state index in [0.717, 1.165) is 5.56 Å². The van der Waals surface area contributed by atoms with E-state index in [4.69, 9.17) is 25.2 Å². The fourth-order valence-electron chi connectivity index (χ4n) is 3.02. The predicted molar refractivity (Wildman–Crippen MR) is 106 cm³/mol. The van der Waals surface area contributed by atoms with Crippen LogP contribution in [0.5, 0.6) is 0 Å². The molecule has 3 aromatic heterocycles. The second-order valence-electron chi connectivity index (χ2n) is 6.43. The molecule has 0 unspecified atom stereocenters. The van der Waals surface area contributed by atoms with E-state index in [1.165, 1.54) is 6.07 Å². The van der Waals surface area contributed by atoms with Crippen molar-refractivity contribution < 1.29 is 18.4 Å². The summed E-state index contributed by atoms with van der Waals surface area (Å²) < 4.78 is 17.8. The number of fused-ring (bicyclic) bond motifs is 1. The van der Waals surface area contributed by atoms with Gasteiger partial charge in [-0.3, -0.25) is 4.68 Å². The first kappa shape index (κ1) is 19.0. The molecule has 0 aliphatic rings. The summed E-state index contributed by atoms with van der Waals surface area (Å²) in [5.41, 5.74) is 1.27.